The Kier molecular flexibility index (Phi) is 3.36. The molecular formula is C10H11ClN4S. The molecule has 0 radical (unpaired) electrons. The highest BCUT2D eigenvalue weighted by atomic mass is 35.5. The van der Waals surface area contributed by atoms with Gasteiger partial charge in [-0.2, -0.15) is 0 Å². The number of thioether (sulfide) groups is 1. The number of aryl methyl sites for hydroxylation is 1. The SMILES string of the molecule is Cn1cnnc1SCc1cc(Cl)ccc1N. The van der Waals surface area contributed by atoms with Crippen LogP contribution in [0.1, 0.15) is 5.56 Å². The van der Waals surface area contributed by atoms with Crippen molar-refractivity contribution in [3.05, 3.63) is 35.1 Å². The molecule has 2 N–H and O–H groups in total. The Labute approximate surface area is 103 Å². The van der Waals surface area contributed by atoms with E-state index in [4.69, 9.17) is 17.3 Å². The van der Waals surface area contributed by atoms with Gasteiger partial charge in [-0.25, -0.2) is 0 Å². The summed E-state index contributed by atoms with van der Waals surface area (Å²) in [5.74, 6) is 0.735. The molecule has 6 heteroatoms. The Bertz CT molecular complexity index is 497. The molecule has 0 aliphatic rings. The number of anilines is 1. The summed E-state index contributed by atoms with van der Waals surface area (Å²) in [6.45, 7) is 0. The van der Waals surface area contributed by atoms with Crippen molar-refractivity contribution in [3.8, 4) is 0 Å². The van der Waals surface area contributed by atoms with Gasteiger partial charge in [-0.3, -0.25) is 0 Å². The molecule has 0 saturated carbocycles. The van der Waals surface area contributed by atoms with Crippen molar-refractivity contribution in [1.29, 1.82) is 0 Å². The zero-order valence-corrected chi connectivity index (χ0v) is 10.3. The molecule has 0 spiro atoms. The van der Waals surface area contributed by atoms with Crippen molar-refractivity contribution < 1.29 is 0 Å². The summed E-state index contributed by atoms with van der Waals surface area (Å²) in [5.41, 5.74) is 7.62. The van der Waals surface area contributed by atoms with E-state index in [1.807, 2.05) is 23.7 Å². The van der Waals surface area contributed by atoms with Crippen LogP contribution in [0.5, 0.6) is 0 Å². The van der Waals surface area contributed by atoms with E-state index in [1.54, 1.807) is 24.2 Å². The number of rotatable bonds is 3. The third-order valence-corrected chi connectivity index (χ3v) is 3.45. The van der Waals surface area contributed by atoms with Gasteiger partial charge in [-0.15, -0.1) is 10.2 Å². The van der Waals surface area contributed by atoms with E-state index in [-0.39, 0.29) is 0 Å². The lowest BCUT2D eigenvalue weighted by Gasteiger charge is -2.05. The largest absolute Gasteiger partial charge is 0.398 e. The summed E-state index contributed by atoms with van der Waals surface area (Å²) >= 11 is 7.49. The van der Waals surface area contributed by atoms with Crippen molar-refractivity contribution >= 4 is 29.1 Å². The number of hydrogen-bond donors (Lipinski definition) is 1. The highest BCUT2D eigenvalue weighted by Crippen LogP contribution is 2.25. The number of nitrogens with two attached hydrogens (primary N) is 1. The first-order chi connectivity index (χ1) is 7.66. The second-order valence-electron chi connectivity index (χ2n) is 3.36. The van der Waals surface area contributed by atoms with Gasteiger partial charge in [0.1, 0.15) is 6.33 Å². The molecule has 0 aliphatic carbocycles. The van der Waals surface area contributed by atoms with E-state index in [9.17, 15) is 0 Å². The second-order valence-corrected chi connectivity index (χ2v) is 4.74. The molecule has 4 nitrogen and oxygen atoms in total. The predicted molar refractivity (Wildman–Crippen MR) is 66.4 cm³/mol. The molecule has 0 atom stereocenters. The van der Waals surface area contributed by atoms with Crippen LogP contribution in [0.15, 0.2) is 29.7 Å². The number of hydrogen-bond acceptors (Lipinski definition) is 4. The lowest BCUT2D eigenvalue weighted by molar-refractivity contribution is 0.788. The van der Waals surface area contributed by atoms with Gasteiger partial charge in [-0.1, -0.05) is 23.4 Å². The van der Waals surface area contributed by atoms with Crippen LogP contribution < -0.4 is 5.73 Å². The van der Waals surface area contributed by atoms with Crippen LogP contribution in [-0.2, 0) is 12.8 Å². The van der Waals surface area contributed by atoms with Crippen LogP contribution in [0.4, 0.5) is 5.69 Å². The molecule has 2 aromatic rings. The fourth-order valence-corrected chi connectivity index (χ4v) is 2.33. The summed E-state index contributed by atoms with van der Waals surface area (Å²) < 4.78 is 1.87. The molecule has 16 heavy (non-hydrogen) atoms. The van der Waals surface area contributed by atoms with Crippen molar-refractivity contribution in [2.24, 2.45) is 7.05 Å². The summed E-state index contributed by atoms with van der Waals surface area (Å²) in [5, 5.41) is 9.35. The van der Waals surface area contributed by atoms with E-state index in [0.29, 0.717) is 5.02 Å². The molecule has 0 saturated heterocycles. The lowest BCUT2D eigenvalue weighted by Crippen LogP contribution is -1.94. The van der Waals surface area contributed by atoms with Crippen LogP contribution >= 0.6 is 23.4 Å². The molecule has 84 valence electrons. The van der Waals surface area contributed by atoms with Gasteiger partial charge < -0.3 is 10.3 Å². The van der Waals surface area contributed by atoms with Gasteiger partial charge in [0.05, 0.1) is 0 Å². The number of aromatic nitrogens is 3. The van der Waals surface area contributed by atoms with Crippen LogP contribution in [0.25, 0.3) is 0 Å². The van der Waals surface area contributed by atoms with Crippen LogP contribution in [-0.4, -0.2) is 14.8 Å². The standard InChI is InChI=1S/C10H11ClN4S/c1-15-6-13-14-10(15)16-5-7-4-8(11)2-3-9(7)12/h2-4,6H,5,12H2,1H3. The Hall–Kier alpha value is -1.20. The van der Waals surface area contributed by atoms with Gasteiger partial charge in [0.2, 0.25) is 0 Å². The van der Waals surface area contributed by atoms with Crippen molar-refractivity contribution in [2.45, 2.75) is 10.9 Å². The van der Waals surface area contributed by atoms with Gasteiger partial charge in [-0.05, 0) is 23.8 Å². The topological polar surface area (TPSA) is 56.7 Å². The van der Waals surface area contributed by atoms with Crippen molar-refractivity contribution in [2.75, 3.05) is 5.73 Å². The van der Waals surface area contributed by atoms with Crippen LogP contribution in [0, 0.1) is 0 Å². The second kappa shape index (κ2) is 4.76. The smallest absolute Gasteiger partial charge is 0.191 e. The van der Waals surface area contributed by atoms with Crippen LogP contribution in [0.2, 0.25) is 5.02 Å². The summed E-state index contributed by atoms with van der Waals surface area (Å²) in [6.07, 6.45) is 1.67. The Balaban J connectivity index is 2.10. The van der Waals surface area contributed by atoms with E-state index >= 15 is 0 Å². The third kappa shape index (κ3) is 2.48. The molecule has 0 aliphatic heterocycles. The number of benzene rings is 1. The molecule has 1 heterocycles. The average molecular weight is 255 g/mol. The monoisotopic (exact) mass is 254 g/mol. The lowest BCUT2D eigenvalue weighted by atomic mass is 10.2. The predicted octanol–water partition coefficient (Wildman–Crippen LogP) is 2.34. The van der Waals surface area contributed by atoms with Crippen molar-refractivity contribution in [3.63, 3.8) is 0 Å². The Morgan fingerprint density at radius 3 is 3.00 bits per heavy atom. The number of nitrogens with zero attached hydrogens (tertiary/aromatic N) is 3. The van der Waals surface area contributed by atoms with Gasteiger partial charge in [0, 0.05) is 23.5 Å². The molecule has 0 unspecified atom stereocenters. The maximum atomic E-state index is 5.91. The average Bonchev–Trinajstić information content (AvgIpc) is 2.66. The molecule has 1 aromatic heterocycles. The van der Waals surface area contributed by atoms with E-state index in [1.165, 1.54) is 0 Å². The fraction of sp³-hybridized carbons (Fsp3) is 0.200. The van der Waals surface area contributed by atoms with Gasteiger partial charge in [0.15, 0.2) is 5.16 Å². The molecule has 0 bridgehead atoms. The molecular weight excluding hydrogens is 244 g/mol. The highest BCUT2D eigenvalue weighted by Gasteiger charge is 2.05. The zero-order chi connectivity index (χ0) is 11.5. The van der Waals surface area contributed by atoms with Gasteiger partial charge >= 0.3 is 0 Å². The molecule has 0 amide bonds. The number of nitrogen functional groups attached to an aromatic ring is 1. The van der Waals surface area contributed by atoms with Gasteiger partial charge in [0.25, 0.3) is 0 Å². The van der Waals surface area contributed by atoms with Crippen molar-refractivity contribution in [1.82, 2.24) is 14.8 Å². The minimum absolute atomic E-state index is 0.697. The first-order valence-corrected chi connectivity index (χ1v) is 6.04. The minimum Gasteiger partial charge on any atom is -0.398 e. The maximum Gasteiger partial charge on any atom is 0.191 e. The van der Waals surface area contributed by atoms with E-state index in [0.717, 1.165) is 22.2 Å². The summed E-state index contributed by atoms with van der Waals surface area (Å²) in [4.78, 5) is 0. The van der Waals surface area contributed by atoms with E-state index < -0.39 is 0 Å². The van der Waals surface area contributed by atoms with Crippen LogP contribution in [0.3, 0.4) is 0 Å². The number of halogens is 1. The third-order valence-electron chi connectivity index (χ3n) is 2.13. The normalized spacial score (nSPS) is 10.6. The maximum absolute atomic E-state index is 5.91. The summed E-state index contributed by atoms with van der Waals surface area (Å²) in [7, 11) is 1.91. The molecule has 2 rings (SSSR count). The first-order valence-electron chi connectivity index (χ1n) is 4.67. The quantitative estimate of drug-likeness (QED) is 0.675. The minimum atomic E-state index is 0.697. The zero-order valence-electron chi connectivity index (χ0n) is 8.72. The molecule has 1 aromatic carbocycles. The Morgan fingerprint density at radius 2 is 2.31 bits per heavy atom. The highest BCUT2D eigenvalue weighted by molar-refractivity contribution is 7.98. The first kappa shape index (κ1) is 11.3. The molecule has 0 fully saturated rings. The fourth-order valence-electron chi connectivity index (χ4n) is 1.24. The van der Waals surface area contributed by atoms with E-state index in [2.05, 4.69) is 10.2 Å². The Morgan fingerprint density at radius 1 is 1.50 bits per heavy atom. The summed E-state index contributed by atoms with van der Waals surface area (Å²) in [6, 6.07) is 5.47.